The molecular formula is C14H14N2O5. The highest BCUT2D eigenvalue weighted by atomic mass is 16.5. The molecule has 2 amide bonds. The molecule has 3 N–H and O–H groups in total. The van der Waals surface area contributed by atoms with Crippen molar-refractivity contribution in [3.05, 3.63) is 48.4 Å². The van der Waals surface area contributed by atoms with Gasteiger partial charge in [0.05, 0.1) is 12.8 Å². The third-order valence-corrected chi connectivity index (χ3v) is 2.46. The lowest BCUT2D eigenvalue weighted by atomic mass is 10.3. The zero-order valence-electron chi connectivity index (χ0n) is 11.0. The Morgan fingerprint density at radius 2 is 2.10 bits per heavy atom. The highest BCUT2D eigenvalue weighted by Crippen LogP contribution is 2.17. The Kier molecular flexibility index (Phi) is 4.81. The SMILES string of the molecule is O=C(O)COc1cccc(NC(=O)NCc2ccco2)c1. The van der Waals surface area contributed by atoms with Crippen molar-refractivity contribution >= 4 is 17.7 Å². The standard InChI is InChI=1S/C14H14N2O5/c17-13(18)9-21-11-4-1-3-10(7-11)16-14(19)15-8-12-5-2-6-20-12/h1-7H,8-9H2,(H,17,18)(H2,15,16,19). The summed E-state index contributed by atoms with van der Waals surface area (Å²) in [5.41, 5.74) is 0.495. The van der Waals surface area contributed by atoms with Crippen molar-refractivity contribution in [1.29, 1.82) is 0 Å². The zero-order valence-corrected chi connectivity index (χ0v) is 11.0. The van der Waals surface area contributed by atoms with Crippen LogP contribution in [0.5, 0.6) is 5.75 Å². The molecule has 0 atom stereocenters. The number of ether oxygens (including phenoxy) is 1. The van der Waals surface area contributed by atoms with Crippen LogP contribution in [0.15, 0.2) is 47.1 Å². The number of carbonyl (C=O) groups excluding carboxylic acids is 1. The Bertz CT molecular complexity index is 610. The predicted molar refractivity (Wildman–Crippen MR) is 74.1 cm³/mol. The van der Waals surface area contributed by atoms with E-state index < -0.39 is 18.6 Å². The van der Waals surface area contributed by atoms with Crippen molar-refractivity contribution < 1.29 is 23.8 Å². The van der Waals surface area contributed by atoms with Gasteiger partial charge in [0.25, 0.3) is 0 Å². The Balaban J connectivity index is 1.85. The average molecular weight is 290 g/mol. The summed E-state index contributed by atoms with van der Waals surface area (Å²) in [6.07, 6.45) is 1.53. The molecule has 0 unspecified atom stereocenters. The maximum Gasteiger partial charge on any atom is 0.341 e. The highest BCUT2D eigenvalue weighted by Gasteiger charge is 2.05. The van der Waals surface area contributed by atoms with Crippen molar-refractivity contribution in [2.75, 3.05) is 11.9 Å². The summed E-state index contributed by atoms with van der Waals surface area (Å²) in [6, 6.07) is 9.55. The van der Waals surface area contributed by atoms with Gasteiger partial charge in [-0.3, -0.25) is 0 Å². The number of furan rings is 1. The number of nitrogens with one attached hydrogen (secondary N) is 2. The van der Waals surface area contributed by atoms with Crippen LogP contribution in [-0.4, -0.2) is 23.7 Å². The van der Waals surface area contributed by atoms with Crippen LogP contribution in [0.2, 0.25) is 0 Å². The van der Waals surface area contributed by atoms with Gasteiger partial charge in [-0.05, 0) is 24.3 Å². The summed E-state index contributed by atoms with van der Waals surface area (Å²) >= 11 is 0. The summed E-state index contributed by atoms with van der Waals surface area (Å²) in [6.45, 7) is -0.165. The van der Waals surface area contributed by atoms with E-state index in [4.69, 9.17) is 14.3 Å². The van der Waals surface area contributed by atoms with E-state index in [0.29, 0.717) is 17.2 Å². The number of urea groups is 1. The largest absolute Gasteiger partial charge is 0.482 e. The number of rotatable bonds is 6. The van der Waals surface area contributed by atoms with Crippen LogP contribution in [0.1, 0.15) is 5.76 Å². The minimum Gasteiger partial charge on any atom is -0.482 e. The van der Waals surface area contributed by atoms with E-state index in [9.17, 15) is 9.59 Å². The number of aliphatic carboxylic acids is 1. The van der Waals surface area contributed by atoms with Gasteiger partial charge in [0.2, 0.25) is 0 Å². The normalized spacial score (nSPS) is 9.90. The van der Waals surface area contributed by atoms with E-state index in [1.54, 1.807) is 30.3 Å². The van der Waals surface area contributed by atoms with Gasteiger partial charge in [0.15, 0.2) is 6.61 Å². The summed E-state index contributed by atoms with van der Waals surface area (Å²) in [7, 11) is 0. The van der Waals surface area contributed by atoms with Gasteiger partial charge in [0.1, 0.15) is 11.5 Å². The fourth-order valence-electron chi connectivity index (χ4n) is 1.56. The molecule has 2 rings (SSSR count). The zero-order chi connectivity index (χ0) is 15.1. The van der Waals surface area contributed by atoms with Gasteiger partial charge in [-0.1, -0.05) is 6.07 Å². The first-order valence-electron chi connectivity index (χ1n) is 6.15. The minimum absolute atomic E-state index is 0.272. The second kappa shape index (κ2) is 6.99. The number of carbonyl (C=O) groups is 2. The summed E-state index contributed by atoms with van der Waals surface area (Å²) < 4.78 is 10.1. The molecule has 0 saturated heterocycles. The molecule has 0 saturated carbocycles. The maximum absolute atomic E-state index is 11.7. The third kappa shape index (κ3) is 4.90. The molecule has 0 bridgehead atoms. The van der Waals surface area contributed by atoms with E-state index in [0.717, 1.165) is 0 Å². The molecule has 21 heavy (non-hydrogen) atoms. The average Bonchev–Trinajstić information content (AvgIpc) is 2.97. The molecule has 1 heterocycles. The number of anilines is 1. The van der Waals surface area contributed by atoms with Crippen molar-refractivity contribution in [2.45, 2.75) is 6.54 Å². The molecule has 1 aromatic heterocycles. The van der Waals surface area contributed by atoms with Crippen LogP contribution >= 0.6 is 0 Å². The first kappa shape index (κ1) is 14.4. The number of hydrogen-bond donors (Lipinski definition) is 3. The van der Waals surface area contributed by atoms with Crippen molar-refractivity contribution in [1.82, 2.24) is 5.32 Å². The Labute approximate surface area is 120 Å². The lowest BCUT2D eigenvalue weighted by molar-refractivity contribution is -0.139. The van der Waals surface area contributed by atoms with Gasteiger partial charge < -0.3 is 24.9 Å². The van der Waals surface area contributed by atoms with Crippen LogP contribution < -0.4 is 15.4 Å². The molecule has 1 aromatic carbocycles. The van der Waals surface area contributed by atoms with E-state index in [1.807, 2.05) is 0 Å². The van der Waals surface area contributed by atoms with Gasteiger partial charge in [-0.25, -0.2) is 9.59 Å². The molecule has 0 fully saturated rings. The highest BCUT2D eigenvalue weighted by molar-refractivity contribution is 5.89. The smallest absolute Gasteiger partial charge is 0.341 e. The van der Waals surface area contributed by atoms with E-state index in [-0.39, 0.29) is 6.54 Å². The van der Waals surface area contributed by atoms with Crippen molar-refractivity contribution in [2.24, 2.45) is 0 Å². The van der Waals surface area contributed by atoms with Crippen LogP contribution in [0.3, 0.4) is 0 Å². The van der Waals surface area contributed by atoms with Gasteiger partial charge in [-0.15, -0.1) is 0 Å². The number of carboxylic acids is 1. The molecule has 0 aliphatic rings. The van der Waals surface area contributed by atoms with Crippen LogP contribution in [0, 0.1) is 0 Å². The third-order valence-electron chi connectivity index (χ3n) is 2.46. The van der Waals surface area contributed by atoms with E-state index >= 15 is 0 Å². The Hall–Kier alpha value is -2.96. The second-order valence-corrected chi connectivity index (χ2v) is 4.10. The van der Waals surface area contributed by atoms with Crippen LogP contribution in [-0.2, 0) is 11.3 Å². The molecule has 7 nitrogen and oxygen atoms in total. The van der Waals surface area contributed by atoms with E-state index in [2.05, 4.69) is 10.6 Å². The summed E-state index contributed by atoms with van der Waals surface area (Å²) in [5.74, 6) is -0.0607. The molecule has 7 heteroatoms. The molecule has 0 spiro atoms. The van der Waals surface area contributed by atoms with Gasteiger partial charge >= 0.3 is 12.0 Å². The van der Waals surface area contributed by atoms with Crippen LogP contribution in [0.25, 0.3) is 0 Å². The molecule has 2 aromatic rings. The fraction of sp³-hybridized carbons (Fsp3) is 0.143. The van der Waals surface area contributed by atoms with Gasteiger partial charge in [-0.2, -0.15) is 0 Å². The number of hydrogen-bond acceptors (Lipinski definition) is 4. The lowest BCUT2D eigenvalue weighted by Crippen LogP contribution is -2.27. The quantitative estimate of drug-likeness (QED) is 0.756. The van der Waals surface area contributed by atoms with Crippen molar-refractivity contribution in [3.63, 3.8) is 0 Å². The number of amides is 2. The number of benzene rings is 1. The Morgan fingerprint density at radius 1 is 1.24 bits per heavy atom. The first-order chi connectivity index (χ1) is 10.1. The molecule has 0 aliphatic heterocycles. The maximum atomic E-state index is 11.7. The molecule has 110 valence electrons. The second-order valence-electron chi connectivity index (χ2n) is 4.10. The monoisotopic (exact) mass is 290 g/mol. The lowest BCUT2D eigenvalue weighted by Gasteiger charge is -2.08. The number of carboxylic acid groups (broad SMARTS) is 1. The fourth-order valence-corrected chi connectivity index (χ4v) is 1.56. The predicted octanol–water partition coefficient (Wildman–Crippen LogP) is 2.06. The van der Waals surface area contributed by atoms with Gasteiger partial charge in [0, 0.05) is 11.8 Å². The van der Waals surface area contributed by atoms with Crippen LogP contribution in [0.4, 0.5) is 10.5 Å². The molecule has 0 aliphatic carbocycles. The topological polar surface area (TPSA) is 101 Å². The molecule has 0 radical (unpaired) electrons. The first-order valence-corrected chi connectivity index (χ1v) is 6.15. The van der Waals surface area contributed by atoms with Crippen molar-refractivity contribution in [3.8, 4) is 5.75 Å². The summed E-state index contributed by atoms with van der Waals surface area (Å²) in [5, 5.41) is 13.8. The van der Waals surface area contributed by atoms with E-state index in [1.165, 1.54) is 12.3 Å². The summed E-state index contributed by atoms with van der Waals surface area (Å²) in [4.78, 5) is 22.1. The molecular weight excluding hydrogens is 276 g/mol. The Morgan fingerprint density at radius 3 is 2.81 bits per heavy atom. The minimum atomic E-state index is -1.07.